The van der Waals surface area contributed by atoms with E-state index in [1.807, 2.05) is 31.2 Å². The van der Waals surface area contributed by atoms with Crippen LogP contribution in [0.3, 0.4) is 0 Å². The molecular weight excluding hydrogens is 449 g/mol. The van der Waals surface area contributed by atoms with Crippen molar-refractivity contribution in [2.24, 2.45) is 5.10 Å². The van der Waals surface area contributed by atoms with Gasteiger partial charge >= 0.3 is 6.03 Å². The number of rotatable bonds is 5. The highest BCUT2D eigenvalue weighted by atomic mass is 19.1. The second-order valence-corrected chi connectivity index (χ2v) is 8.47. The molecule has 2 N–H and O–H groups in total. The number of carbonyl (C=O) groups is 1. The predicted octanol–water partition coefficient (Wildman–Crippen LogP) is 3.75. The molecule has 1 saturated heterocycles. The highest BCUT2D eigenvalue weighted by Crippen LogP contribution is 2.31. The van der Waals surface area contributed by atoms with E-state index in [1.54, 1.807) is 11.1 Å². The molecule has 10 heteroatoms. The van der Waals surface area contributed by atoms with Crippen molar-refractivity contribution in [1.82, 2.24) is 14.9 Å². The number of hydrogen-bond acceptors (Lipinski definition) is 7. The summed E-state index contributed by atoms with van der Waals surface area (Å²) in [7, 11) is 0. The molecule has 0 unspecified atom stereocenters. The smallest absolute Gasteiger partial charge is 0.322 e. The Kier molecular flexibility index (Phi) is 6.53. The number of aryl methyl sites for hydroxylation is 1. The zero-order valence-corrected chi connectivity index (χ0v) is 19.4. The van der Waals surface area contributed by atoms with Crippen LogP contribution in [0.5, 0.6) is 0 Å². The summed E-state index contributed by atoms with van der Waals surface area (Å²) in [5.74, 6) is 0.797. The summed E-state index contributed by atoms with van der Waals surface area (Å²) in [6, 6.07) is 13.4. The number of nitrogens with one attached hydrogen (secondary N) is 2. The quantitative estimate of drug-likeness (QED) is 0.431. The minimum atomic E-state index is -0.355. The first kappa shape index (κ1) is 22.7. The molecule has 0 aliphatic carbocycles. The number of hydrazone groups is 1. The van der Waals surface area contributed by atoms with Crippen molar-refractivity contribution in [1.29, 1.82) is 0 Å². The van der Waals surface area contributed by atoms with E-state index in [2.05, 4.69) is 25.7 Å². The van der Waals surface area contributed by atoms with E-state index in [9.17, 15) is 9.18 Å². The van der Waals surface area contributed by atoms with Crippen LogP contribution in [-0.2, 0) is 17.8 Å². The Bertz CT molecular complexity index is 1240. The van der Waals surface area contributed by atoms with Crippen molar-refractivity contribution in [2.75, 3.05) is 41.9 Å². The van der Waals surface area contributed by atoms with E-state index in [4.69, 9.17) is 9.72 Å². The summed E-state index contributed by atoms with van der Waals surface area (Å²) in [6.45, 7) is 5.37. The van der Waals surface area contributed by atoms with Gasteiger partial charge in [-0.25, -0.2) is 19.6 Å². The molecule has 0 saturated carbocycles. The van der Waals surface area contributed by atoms with Crippen LogP contribution in [0.4, 0.5) is 26.6 Å². The maximum absolute atomic E-state index is 13.2. The summed E-state index contributed by atoms with van der Waals surface area (Å²) < 4.78 is 18.7. The van der Waals surface area contributed by atoms with Gasteiger partial charge in [0.25, 0.3) is 0 Å². The van der Waals surface area contributed by atoms with Gasteiger partial charge in [-0.2, -0.15) is 10.1 Å². The maximum Gasteiger partial charge on any atom is 0.322 e. The van der Waals surface area contributed by atoms with Crippen molar-refractivity contribution < 1.29 is 13.9 Å². The van der Waals surface area contributed by atoms with Gasteiger partial charge in [-0.15, -0.1) is 0 Å². The van der Waals surface area contributed by atoms with Crippen molar-refractivity contribution in [2.45, 2.75) is 20.0 Å². The number of ether oxygens (including phenoxy) is 1. The molecule has 0 radical (unpaired) electrons. The average Bonchev–Trinajstić information content (AvgIpc) is 3.30. The lowest BCUT2D eigenvalue weighted by Gasteiger charge is -2.29. The van der Waals surface area contributed by atoms with Crippen LogP contribution in [0.15, 0.2) is 53.6 Å². The Labute approximate surface area is 202 Å². The zero-order chi connectivity index (χ0) is 24.2. The lowest BCUT2D eigenvalue weighted by Crippen LogP contribution is -2.37. The first-order valence-corrected chi connectivity index (χ1v) is 11.4. The van der Waals surface area contributed by atoms with Crippen LogP contribution >= 0.6 is 0 Å². The molecule has 2 aromatic carbocycles. The summed E-state index contributed by atoms with van der Waals surface area (Å²) in [4.78, 5) is 26.1. The van der Waals surface area contributed by atoms with Gasteiger partial charge in [-0.3, -0.25) is 0 Å². The number of morpholine rings is 1. The van der Waals surface area contributed by atoms with Gasteiger partial charge in [0.05, 0.1) is 38.2 Å². The molecule has 2 amide bonds. The van der Waals surface area contributed by atoms with Crippen molar-refractivity contribution in [3.05, 3.63) is 76.7 Å². The number of carbonyl (C=O) groups excluding carboxylic acids is 1. The normalized spacial score (nSPS) is 15.4. The monoisotopic (exact) mass is 475 g/mol. The predicted molar refractivity (Wildman–Crippen MR) is 132 cm³/mol. The number of halogens is 1. The molecular formula is C25H26FN7O2. The molecule has 9 nitrogen and oxygen atoms in total. The third-order valence-electron chi connectivity index (χ3n) is 5.87. The topological polar surface area (TPSA) is 95.0 Å². The van der Waals surface area contributed by atoms with Gasteiger partial charge in [0.2, 0.25) is 5.95 Å². The third kappa shape index (κ3) is 5.38. The fourth-order valence-electron chi connectivity index (χ4n) is 4.12. The van der Waals surface area contributed by atoms with Gasteiger partial charge in [-0.1, -0.05) is 29.8 Å². The molecule has 0 atom stereocenters. The van der Waals surface area contributed by atoms with E-state index in [0.29, 0.717) is 51.0 Å². The number of aromatic nitrogens is 2. The molecule has 1 aromatic heterocycles. The Morgan fingerprint density at radius 3 is 2.69 bits per heavy atom. The van der Waals surface area contributed by atoms with Crippen molar-refractivity contribution >= 4 is 29.7 Å². The minimum absolute atomic E-state index is 0.283. The van der Waals surface area contributed by atoms with Gasteiger partial charge in [0.1, 0.15) is 11.6 Å². The number of fused-ring (bicyclic) bond motifs is 1. The third-order valence-corrected chi connectivity index (χ3v) is 5.87. The molecule has 3 aromatic rings. The van der Waals surface area contributed by atoms with Crippen LogP contribution in [0.2, 0.25) is 0 Å². The lowest BCUT2D eigenvalue weighted by molar-refractivity contribution is 0.122. The van der Waals surface area contributed by atoms with E-state index in [0.717, 1.165) is 28.2 Å². The SMILES string of the molecule is Cc1cccc(/C=N/Nc2nc3c(c(N4CCOCC4)n2)CN(C(=O)Nc2ccc(F)cc2)C3)c1. The van der Waals surface area contributed by atoms with Crippen LogP contribution in [0, 0.1) is 12.7 Å². The second-order valence-electron chi connectivity index (χ2n) is 8.47. The van der Waals surface area contributed by atoms with E-state index in [-0.39, 0.29) is 11.8 Å². The van der Waals surface area contributed by atoms with Gasteiger partial charge in [0.15, 0.2) is 0 Å². The molecule has 0 spiro atoms. The molecule has 2 aliphatic heterocycles. The minimum Gasteiger partial charge on any atom is -0.378 e. The summed E-state index contributed by atoms with van der Waals surface area (Å²) in [5.41, 5.74) is 7.27. The second kappa shape index (κ2) is 10.1. The van der Waals surface area contributed by atoms with E-state index >= 15 is 0 Å². The van der Waals surface area contributed by atoms with Crippen molar-refractivity contribution in [3.63, 3.8) is 0 Å². The van der Waals surface area contributed by atoms with Crippen LogP contribution < -0.4 is 15.6 Å². The first-order chi connectivity index (χ1) is 17.0. The van der Waals surface area contributed by atoms with Crippen LogP contribution in [0.25, 0.3) is 0 Å². The molecule has 35 heavy (non-hydrogen) atoms. The van der Waals surface area contributed by atoms with Crippen LogP contribution in [0.1, 0.15) is 22.4 Å². The Morgan fingerprint density at radius 2 is 1.91 bits per heavy atom. The van der Waals surface area contributed by atoms with E-state index < -0.39 is 0 Å². The number of anilines is 3. The number of benzene rings is 2. The number of hydrogen-bond donors (Lipinski definition) is 2. The Balaban J connectivity index is 1.36. The summed E-state index contributed by atoms with van der Waals surface area (Å²) in [5, 5.41) is 7.13. The number of nitrogens with zero attached hydrogens (tertiary/aromatic N) is 5. The van der Waals surface area contributed by atoms with E-state index in [1.165, 1.54) is 24.3 Å². The zero-order valence-electron chi connectivity index (χ0n) is 19.4. The fraction of sp³-hybridized carbons (Fsp3) is 0.280. The van der Waals surface area contributed by atoms with Gasteiger partial charge in [-0.05, 0) is 36.8 Å². The largest absolute Gasteiger partial charge is 0.378 e. The average molecular weight is 476 g/mol. The maximum atomic E-state index is 13.2. The molecule has 5 rings (SSSR count). The Hall–Kier alpha value is -4.05. The van der Waals surface area contributed by atoms with Crippen molar-refractivity contribution in [3.8, 4) is 0 Å². The number of urea groups is 1. The standard InChI is InChI=1S/C25H26FN7O2/c1-17-3-2-4-18(13-17)14-27-31-24-29-22-16-33(25(34)28-20-7-5-19(26)6-8-20)15-21(22)23(30-24)32-9-11-35-12-10-32/h2-8,13-14H,9-12,15-16H2,1H3,(H,28,34)(H,29,30,31)/b27-14+. The molecule has 2 aliphatic rings. The Morgan fingerprint density at radius 1 is 1.11 bits per heavy atom. The summed E-state index contributed by atoms with van der Waals surface area (Å²) >= 11 is 0. The van der Waals surface area contributed by atoms with Crippen LogP contribution in [-0.4, -0.2) is 53.4 Å². The molecule has 3 heterocycles. The molecule has 0 bridgehead atoms. The number of amides is 2. The summed E-state index contributed by atoms with van der Waals surface area (Å²) in [6.07, 6.45) is 1.72. The first-order valence-electron chi connectivity index (χ1n) is 11.4. The van der Waals surface area contributed by atoms with Gasteiger partial charge in [0, 0.05) is 24.3 Å². The highest BCUT2D eigenvalue weighted by Gasteiger charge is 2.31. The van der Waals surface area contributed by atoms with Gasteiger partial charge < -0.3 is 19.9 Å². The molecule has 1 fully saturated rings. The molecule has 180 valence electrons. The fourth-order valence-corrected chi connectivity index (χ4v) is 4.12. The highest BCUT2D eigenvalue weighted by molar-refractivity contribution is 5.89. The lowest BCUT2D eigenvalue weighted by atomic mass is 10.2.